The SMILES string of the molecule is CS(=O)(=O)N1CCc2cccc(Nc3nc(Nc4ccc(N5CCC(N6CCN(CCC7CCN(c8ccc9c(c8)C(=O)N(C8CCC(=O)NC8=O)C9=O)CC7)CC6)CC5)c(F)c4)nc4[nH]ccc34)c21. The second-order valence-electron chi connectivity index (χ2n) is 19.4. The molecule has 18 nitrogen and oxygen atoms in total. The molecular formula is C50H57FN12O6S. The summed E-state index contributed by atoms with van der Waals surface area (Å²) in [4.78, 5) is 73.8. The number of fused-ring (bicyclic) bond motifs is 3. The van der Waals surface area contributed by atoms with E-state index in [0.717, 1.165) is 113 Å². The maximum atomic E-state index is 15.9. The van der Waals surface area contributed by atoms with E-state index in [1.807, 2.05) is 42.5 Å². The predicted molar refractivity (Wildman–Crippen MR) is 265 cm³/mol. The van der Waals surface area contributed by atoms with Crippen LogP contribution in [0.1, 0.15) is 71.2 Å². The number of para-hydroxylation sites is 1. The Kier molecular flexibility index (Phi) is 12.2. The Bertz CT molecular complexity index is 3000. The minimum Gasteiger partial charge on any atom is -0.371 e. The van der Waals surface area contributed by atoms with Crippen molar-refractivity contribution >= 4 is 84.9 Å². The first-order chi connectivity index (χ1) is 33.8. The van der Waals surface area contributed by atoms with E-state index in [1.165, 1.54) is 16.6 Å². The number of rotatable bonds is 12. The number of halogens is 1. The summed E-state index contributed by atoms with van der Waals surface area (Å²) in [5.41, 5.74) is 5.36. The number of benzene rings is 3. The zero-order valence-electron chi connectivity index (χ0n) is 39.1. The van der Waals surface area contributed by atoms with Gasteiger partial charge in [-0.1, -0.05) is 12.1 Å². The molecule has 11 rings (SSSR count). The number of nitrogens with one attached hydrogen (secondary N) is 4. The van der Waals surface area contributed by atoms with Crippen molar-refractivity contribution in [3.8, 4) is 0 Å². The summed E-state index contributed by atoms with van der Waals surface area (Å²) in [5.74, 6) is -0.923. The van der Waals surface area contributed by atoms with Crippen LogP contribution in [-0.2, 0) is 26.0 Å². The van der Waals surface area contributed by atoms with Crippen molar-refractivity contribution in [3.63, 3.8) is 0 Å². The van der Waals surface area contributed by atoms with Gasteiger partial charge in [-0.2, -0.15) is 9.97 Å². The van der Waals surface area contributed by atoms with Gasteiger partial charge in [0.2, 0.25) is 27.8 Å². The second kappa shape index (κ2) is 18.6. The number of hydrogen-bond acceptors (Lipinski definition) is 14. The first-order valence-corrected chi connectivity index (χ1v) is 26.3. The van der Waals surface area contributed by atoms with Crippen LogP contribution < -0.4 is 30.1 Å². The van der Waals surface area contributed by atoms with Crippen LogP contribution in [-0.4, -0.2) is 145 Å². The standard InChI is InChI=1S/C50H57FN12O6S/c1-70(68,69)62-24-15-32-3-2-4-40(44(32)62)54-46-37-11-18-52-45(37)56-50(57-46)53-33-5-8-41(39(51)29-33)61-22-16-34(17-23-61)60-27-25-58(26-28-60)19-12-31-13-20-59(21-14-31)35-6-7-36-38(30-35)49(67)63(48(36)66)42-9-10-43(64)55-47(42)65/h2-8,11,18,29-31,34,42H,9-10,12-17,19-28H2,1H3,(H,55,64,65)(H3,52,53,54,56,57). The number of H-pyrrole nitrogens is 1. The third-order valence-electron chi connectivity index (χ3n) is 15.2. The molecule has 6 aliphatic rings. The van der Waals surface area contributed by atoms with Crippen molar-refractivity contribution in [1.29, 1.82) is 0 Å². The topological polar surface area (TPSA) is 200 Å². The number of carbonyl (C=O) groups is 4. The molecule has 6 aliphatic heterocycles. The van der Waals surface area contributed by atoms with Crippen LogP contribution in [0.5, 0.6) is 0 Å². The summed E-state index contributed by atoms with van der Waals surface area (Å²) in [6.45, 7) is 8.86. The van der Waals surface area contributed by atoms with Gasteiger partial charge < -0.3 is 30.3 Å². The molecule has 4 N–H and O–H groups in total. The fraction of sp³-hybridized carbons (Fsp3) is 0.440. The number of anilines is 7. The number of aromatic nitrogens is 3. The lowest BCUT2D eigenvalue weighted by Crippen LogP contribution is -2.54. The van der Waals surface area contributed by atoms with Crippen LogP contribution in [0.15, 0.2) is 66.9 Å². The van der Waals surface area contributed by atoms with E-state index in [9.17, 15) is 27.6 Å². The molecule has 20 heteroatoms. The summed E-state index contributed by atoms with van der Waals surface area (Å²) < 4.78 is 42.5. The number of piperidine rings is 3. The molecule has 8 heterocycles. The Hall–Kier alpha value is -6.64. The van der Waals surface area contributed by atoms with E-state index < -0.39 is 39.7 Å². The number of nitrogens with zero attached hydrogens (tertiary/aromatic N) is 8. The molecule has 2 aromatic heterocycles. The lowest BCUT2D eigenvalue weighted by atomic mass is 9.92. The number of aromatic amines is 1. The lowest BCUT2D eigenvalue weighted by Gasteiger charge is -2.43. The monoisotopic (exact) mass is 972 g/mol. The third kappa shape index (κ3) is 8.91. The Morgan fingerprint density at radius 2 is 1.54 bits per heavy atom. The zero-order chi connectivity index (χ0) is 48.3. The van der Waals surface area contributed by atoms with Gasteiger partial charge in [-0.05, 0) is 112 Å². The van der Waals surface area contributed by atoms with Gasteiger partial charge in [-0.25, -0.2) is 12.8 Å². The molecule has 0 saturated carbocycles. The summed E-state index contributed by atoms with van der Waals surface area (Å²) in [6, 6.07) is 17.5. The second-order valence-corrected chi connectivity index (χ2v) is 21.3. The van der Waals surface area contributed by atoms with Crippen molar-refractivity contribution in [1.82, 2.24) is 35.0 Å². The highest BCUT2D eigenvalue weighted by Crippen LogP contribution is 2.40. The summed E-state index contributed by atoms with van der Waals surface area (Å²) in [5, 5.41) is 9.52. The molecule has 4 amide bonds. The van der Waals surface area contributed by atoms with Gasteiger partial charge in [0.15, 0.2) is 0 Å². The average Bonchev–Trinajstić information content (AvgIpc) is 4.09. The van der Waals surface area contributed by atoms with Gasteiger partial charge >= 0.3 is 0 Å². The molecule has 3 aromatic carbocycles. The number of piperazine rings is 1. The fourth-order valence-corrected chi connectivity index (χ4v) is 12.3. The number of sulfonamides is 1. The summed E-state index contributed by atoms with van der Waals surface area (Å²) >= 11 is 0. The van der Waals surface area contributed by atoms with Crippen LogP contribution >= 0.6 is 0 Å². The first-order valence-electron chi connectivity index (χ1n) is 24.4. The molecule has 5 aromatic rings. The van der Waals surface area contributed by atoms with Crippen LogP contribution in [0.25, 0.3) is 11.0 Å². The highest BCUT2D eigenvalue weighted by Gasteiger charge is 2.45. The summed E-state index contributed by atoms with van der Waals surface area (Å²) in [6.07, 6.45) is 9.00. The van der Waals surface area contributed by atoms with E-state index in [-0.39, 0.29) is 24.6 Å². The smallest absolute Gasteiger partial charge is 0.262 e. The van der Waals surface area contributed by atoms with E-state index in [1.54, 1.807) is 18.3 Å². The van der Waals surface area contributed by atoms with Gasteiger partial charge in [0, 0.05) is 88.9 Å². The average molecular weight is 973 g/mol. The largest absolute Gasteiger partial charge is 0.371 e. The van der Waals surface area contributed by atoms with Crippen LogP contribution in [0, 0.1) is 11.7 Å². The van der Waals surface area contributed by atoms with E-state index in [2.05, 4.69) is 45.5 Å². The van der Waals surface area contributed by atoms with Crippen molar-refractivity contribution < 1.29 is 32.0 Å². The molecule has 0 aliphatic carbocycles. The Morgan fingerprint density at radius 1 is 0.771 bits per heavy atom. The van der Waals surface area contributed by atoms with Gasteiger partial charge in [-0.3, -0.25) is 38.6 Å². The molecule has 0 spiro atoms. The molecule has 0 radical (unpaired) electrons. The first kappa shape index (κ1) is 45.8. The summed E-state index contributed by atoms with van der Waals surface area (Å²) in [7, 11) is -3.48. The van der Waals surface area contributed by atoms with E-state index >= 15 is 4.39 Å². The zero-order valence-corrected chi connectivity index (χ0v) is 39.9. The number of carbonyl (C=O) groups excluding carboxylic acids is 4. The maximum Gasteiger partial charge on any atom is 0.262 e. The molecular weight excluding hydrogens is 916 g/mol. The molecule has 70 heavy (non-hydrogen) atoms. The van der Waals surface area contributed by atoms with Gasteiger partial charge in [0.05, 0.1) is 39.8 Å². The number of imide groups is 2. The predicted octanol–water partition coefficient (Wildman–Crippen LogP) is 5.20. The Labute approximate surface area is 405 Å². The highest BCUT2D eigenvalue weighted by molar-refractivity contribution is 7.92. The minimum absolute atomic E-state index is 0.0916. The molecule has 4 fully saturated rings. The minimum atomic E-state index is -3.48. The van der Waals surface area contributed by atoms with Gasteiger partial charge in [-0.15, -0.1) is 0 Å². The van der Waals surface area contributed by atoms with Crippen LogP contribution in [0.2, 0.25) is 0 Å². The van der Waals surface area contributed by atoms with Crippen molar-refractivity contribution in [2.24, 2.45) is 5.92 Å². The normalized spacial score (nSPS) is 20.9. The molecule has 0 bridgehead atoms. The molecule has 366 valence electrons. The van der Waals surface area contributed by atoms with Gasteiger partial charge in [0.1, 0.15) is 23.3 Å². The van der Waals surface area contributed by atoms with Crippen LogP contribution in [0.3, 0.4) is 0 Å². The number of hydrogen-bond donors (Lipinski definition) is 4. The maximum absolute atomic E-state index is 15.9. The fourth-order valence-electron chi connectivity index (χ4n) is 11.4. The highest BCUT2D eigenvalue weighted by atomic mass is 32.2. The Morgan fingerprint density at radius 3 is 2.30 bits per heavy atom. The Balaban J connectivity index is 0.631. The van der Waals surface area contributed by atoms with Gasteiger partial charge in [0.25, 0.3) is 11.8 Å². The van der Waals surface area contributed by atoms with E-state index in [0.29, 0.717) is 70.3 Å². The van der Waals surface area contributed by atoms with Crippen molar-refractivity contribution in [2.75, 3.05) is 96.4 Å². The number of amides is 4. The van der Waals surface area contributed by atoms with Crippen LogP contribution in [0.4, 0.5) is 44.6 Å². The quantitative estimate of drug-likeness (QED) is 0.119. The van der Waals surface area contributed by atoms with Crippen molar-refractivity contribution in [2.45, 2.75) is 63.5 Å². The molecule has 1 atom stereocenters. The molecule has 1 unspecified atom stereocenters. The third-order valence-corrected chi connectivity index (χ3v) is 16.4. The molecule has 4 saturated heterocycles. The van der Waals surface area contributed by atoms with Crippen molar-refractivity contribution in [3.05, 3.63) is 89.4 Å². The van der Waals surface area contributed by atoms with E-state index in [4.69, 9.17) is 4.98 Å². The lowest BCUT2D eigenvalue weighted by molar-refractivity contribution is -0.136.